The molecule has 108 valence electrons. The molecule has 1 aromatic rings. The summed E-state index contributed by atoms with van der Waals surface area (Å²) < 4.78 is 26.3. The molecule has 0 aromatic carbocycles. The molecule has 0 amide bonds. The van der Waals surface area contributed by atoms with Crippen molar-refractivity contribution < 1.29 is 8.42 Å². The zero-order chi connectivity index (χ0) is 13.6. The van der Waals surface area contributed by atoms with E-state index in [2.05, 4.69) is 14.9 Å². The van der Waals surface area contributed by atoms with E-state index in [9.17, 15) is 8.42 Å². The van der Waals surface area contributed by atoms with Crippen molar-refractivity contribution in [3.8, 4) is 0 Å². The van der Waals surface area contributed by atoms with Gasteiger partial charge in [-0.25, -0.2) is 13.1 Å². The number of sulfonamides is 1. The Morgan fingerprint density at radius 2 is 2.16 bits per heavy atom. The molecular formula is C12H21N3O2S2. The Hall–Kier alpha value is -0.470. The van der Waals surface area contributed by atoms with Crippen LogP contribution in [0.1, 0.15) is 4.88 Å². The van der Waals surface area contributed by atoms with Gasteiger partial charge in [-0.2, -0.15) is 0 Å². The maximum atomic E-state index is 11.8. The van der Waals surface area contributed by atoms with Crippen LogP contribution in [0.5, 0.6) is 0 Å². The highest BCUT2D eigenvalue weighted by Crippen LogP contribution is 2.09. The molecule has 1 saturated heterocycles. The molecule has 7 heteroatoms. The van der Waals surface area contributed by atoms with E-state index in [1.54, 1.807) is 11.3 Å². The van der Waals surface area contributed by atoms with Gasteiger partial charge in [-0.3, -0.25) is 4.90 Å². The molecule has 1 fully saturated rings. The largest absolute Gasteiger partial charge is 0.314 e. The van der Waals surface area contributed by atoms with Crippen molar-refractivity contribution in [2.45, 2.75) is 6.42 Å². The normalized spacial score (nSPS) is 17.7. The van der Waals surface area contributed by atoms with Gasteiger partial charge in [-0.15, -0.1) is 11.3 Å². The molecule has 2 heterocycles. The molecule has 1 aliphatic rings. The number of rotatable bonds is 7. The molecule has 0 saturated carbocycles. The molecule has 1 aliphatic heterocycles. The summed E-state index contributed by atoms with van der Waals surface area (Å²) in [4.78, 5) is 3.39. The zero-order valence-electron chi connectivity index (χ0n) is 11.0. The molecule has 2 rings (SSSR count). The van der Waals surface area contributed by atoms with Crippen LogP contribution >= 0.6 is 11.3 Å². The Labute approximate surface area is 119 Å². The van der Waals surface area contributed by atoms with Crippen molar-refractivity contribution in [2.24, 2.45) is 0 Å². The van der Waals surface area contributed by atoms with Gasteiger partial charge in [-0.1, -0.05) is 6.07 Å². The van der Waals surface area contributed by atoms with E-state index < -0.39 is 10.0 Å². The fourth-order valence-electron chi connectivity index (χ4n) is 2.06. The first-order chi connectivity index (χ1) is 9.16. The van der Waals surface area contributed by atoms with Gasteiger partial charge in [0.15, 0.2) is 0 Å². The predicted octanol–water partition coefficient (Wildman–Crippen LogP) is 0.115. The third kappa shape index (κ3) is 5.58. The number of aryl methyl sites for hydroxylation is 1. The average molecular weight is 303 g/mol. The predicted molar refractivity (Wildman–Crippen MR) is 79.1 cm³/mol. The summed E-state index contributed by atoms with van der Waals surface area (Å²) in [5.41, 5.74) is 0. The van der Waals surface area contributed by atoms with Crippen molar-refractivity contribution in [1.82, 2.24) is 14.9 Å². The summed E-state index contributed by atoms with van der Waals surface area (Å²) in [5, 5.41) is 5.25. The minimum atomic E-state index is -3.14. The number of nitrogens with zero attached hydrogens (tertiary/aromatic N) is 1. The zero-order valence-corrected chi connectivity index (χ0v) is 12.6. The van der Waals surface area contributed by atoms with Crippen molar-refractivity contribution in [2.75, 3.05) is 45.0 Å². The van der Waals surface area contributed by atoms with Gasteiger partial charge in [0.2, 0.25) is 10.0 Å². The summed E-state index contributed by atoms with van der Waals surface area (Å²) in [6.07, 6.45) is 0.598. The van der Waals surface area contributed by atoms with Crippen molar-refractivity contribution in [3.05, 3.63) is 22.4 Å². The van der Waals surface area contributed by atoms with Crippen LogP contribution < -0.4 is 10.0 Å². The van der Waals surface area contributed by atoms with Gasteiger partial charge in [0, 0.05) is 44.1 Å². The van der Waals surface area contributed by atoms with Crippen LogP contribution in [0.4, 0.5) is 0 Å². The van der Waals surface area contributed by atoms with Crippen molar-refractivity contribution >= 4 is 21.4 Å². The Morgan fingerprint density at radius 3 is 2.84 bits per heavy atom. The summed E-state index contributed by atoms with van der Waals surface area (Å²) in [6.45, 7) is 5.27. The Balaban J connectivity index is 1.65. The van der Waals surface area contributed by atoms with Gasteiger partial charge in [0.05, 0.1) is 5.75 Å². The number of hydrogen-bond donors (Lipinski definition) is 2. The molecule has 0 unspecified atom stereocenters. The Morgan fingerprint density at radius 1 is 1.37 bits per heavy atom. The van der Waals surface area contributed by atoms with E-state index in [1.165, 1.54) is 0 Å². The minimum absolute atomic E-state index is 0.176. The second-order valence-corrected chi connectivity index (χ2v) is 7.59. The summed E-state index contributed by atoms with van der Waals surface area (Å²) in [6, 6.07) is 3.92. The first kappa shape index (κ1) is 14.9. The lowest BCUT2D eigenvalue weighted by Gasteiger charge is -2.27. The lowest BCUT2D eigenvalue weighted by Crippen LogP contribution is -2.46. The summed E-state index contributed by atoms with van der Waals surface area (Å²) in [7, 11) is -3.14. The lowest BCUT2D eigenvalue weighted by atomic mass is 10.3. The minimum Gasteiger partial charge on any atom is -0.314 e. The van der Waals surface area contributed by atoms with Crippen LogP contribution in [0.25, 0.3) is 0 Å². The number of hydrogen-bond acceptors (Lipinski definition) is 5. The van der Waals surface area contributed by atoms with Gasteiger partial charge in [0.1, 0.15) is 0 Å². The van der Waals surface area contributed by atoms with Crippen LogP contribution in [0.3, 0.4) is 0 Å². The molecule has 0 radical (unpaired) electrons. The van der Waals surface area contributed by atoms with Gasteiger partial charge in [0.25, 0.3) is 0 Å². The maximum absolute atomic E-state index is 11.8. The SMILES string of the molecule is O=S(=O)(CCc1cccs1)NCCN1CCNCC1. The second-order valence-electron chi connectivity index (χ2n) is 4.63. The Kier molecular flexibility index (Phi) is 5.77. The Bertz CT molecular complexity index is 453. The van der Waals surface area contributed by atoms with Crippen LogP contribution in [-0.2, 0) is 16.4 Å². The third-order valence-electron chi connectivity index (χ3n) is 3.16. The highest BCUT2D eigenvalue weighted by atomic mass is 32.2. The average Bonchev–Trinajstić information content (AvgIpc) is 2.91. The topological polar surface area (TPSA) is 61.4 Å². The standard InChI is InChI=1S/C12H21N3O2S2/c16-19(17,11-3-12-2-1-10-18-12)14-6-9-15-7-4-13-5-8-15/h1-2,10,13-14H,3-9,11H2. The van der Waals surface area contributed by atoms with E-state index >= 15 is 0 Å². The fraction of sp³-hybridized carbons (Fsp3) is 0.667. The molecule has 0 atom stereocenters. The smallest absolute Gasteiger partial charge is 0.211 e. The van der Waals surface area contributed by atoms with Gasteiger partial charge >= 0.3 is 0 Å². The highest BCUT2D eigenvalue weighted by Gasteiger charge is 2.13. The number of piperazine rings is 1. The molecule has 1 aromatic heterocycles. The van der Waals surface area contributed by atoms with Gasteiger partial charge in [-0.05, 0) is 17.9 Å². The van der Waals surface area contributed by atoms with Crippen LogP contribution in [0, 0.1) is 0 Å². The molecule has 0 bridgehead atoms. The lowest BCUT2D eigenvalue weighted by molar-refractivity contribution is 0.245. The summed E-state index contributed by atoms with van der Waals surface area (Å²) >= 11 is 1.60. The monoisotopic (exact) mass is 303 g/mol. The van der Waals surface area contributed by atoms with E-state index in [-0.39, 0.29) is 5.75 Å². The van der Waals surface area contributed by atoms with E-state index in [1.807, 2.05) is 17.5 Å². The van der Waals surface area contributed by atoms with E-state index in [0.717, 1.165) is 37.6 Å². The van der Waals surface area contributed by atoms with Crippen LogP contribution in [-0.4, -0.2) is 58.3 Å². The fourth-order valence-corrected chi connectivity index (χ4v) is 3.93. The quantitative estimate of drug-likeness (QED) is 0.751. The molecule has 0 spiro atoms. The first-order valence-corrected chi connectivity index (χ1v) is 9.12. The number of thiophene rings is 1. The van der Waals surface area contributed by atoms with Crippen LogP contribution in [0.2, 0.25) is 0 Å². The summed E-state index contributed by atoms with van der Waals surface area (Å²) in [5.74, 6) is 0.176. The van der Waals surface area contributed by atoms with E-state index in [4.69, 9.17) is 0 Å². The second kappa shape index (κ2) is 7.35. The maximum Gasteiger partial charge on any atom is 0.211 e. The number of nitrogens with one attached hydrogen (secondary N) is 2. The third-order valence-corrected chi connectivity index (χ3v) is 5.48. The molecule has 0 aliphatic carbocycles. The van der Waals surface area contributed by atoms with Crippen molar-refractivity contribution in [3.63, 3.8) is 0 Å². The molecular weight excluding hydrogens is 282 g/mol. The molecule has 5 nitrogen and oxygen atoms in total. The van der Waals surface area contributed by atoms with E-state index in [0.29, 0.717) is 13.0 Å². The molecule has 19 heavy (non-hydrogen) atoms. The van der Waals surface area contributed by atoms with Gasteiger partial charge < -0.3 is 5.32 Å². The molecule has 2 N–H and O–H groups in total. The first-order valence-electron chi connectivity index (χ1n) is 6.58. The van der Waals surface area contributed by atoms with Crippen LogP contribution in [0.15, 0.2) is 17.5 Å². The van der Waals surface area contributed by atoms with Crippen molar-refractivity contribution in [1.29, 1.82) is 0 Å². The highest BCUT2D eigenvalue weighted by molar-refractivity contribution is 7.89.